The fraction of sp³-hybridized carbons (Fsp3) is 0.312. The third-order valence-corrected chi connectivity index (χ3v) is 6.85. The van der Waals surface area contributed by atoms with Crippen molar-refractivity contribution >= 4 is 5.57 Å². The molecule has 0 saturated heterocycles. The van der Waals surface area contributed by atoms with Crippen LogP contribution in [0.2, 0.25) is 0 Å². The molecule has 0 aromatic heterocycles. The van der Waals surface area contributed by atoms with E-state index in [-0.39, 0.29) is 17.1 Å². The van der Waals surface area contributed by atoms with Crippen molar-refractivity contribution in [2.75, 3.05) is 6.61 Å². The van der Waals surface area contributed by atoms with E-state index in [0.717, 1.165) is 31.2 Å². The first-order valence-electron chi connectivity index (χ1n) is 12.8. The third kappa shape index (κ3) is 5.92. The van der Waals surface area contributed by atoms with E-state index in [9.17, 15) is 8.78 Å². The topological polar surface area (TPSA) is 9.23 Å². The Labute approximate surface area is 212 Å². The lowest BCUT2D eigenvalue weighted by molar-refractivity contribution is 0.295. The number of benzene rings is 3. The van der Waals surface area contributed by atoms with Gasteiger partial charge in [0.05, 0.1) is 6.61 Å². The fourth-order valence-corrected chi connectivity index (χ4v) is 4.77. The van der Waals surface area contributed by atoms with Crippen LogP contribution >= 0.6 is 0 Å². The molecule has 0 saturated carbocycles. The van der Waals surface area contributed by atoms with Crippen molar-refractivity contribution in [3.63, 3.8) is 0 Å². The molecule has 3 aromatic carbocycles. The van der Waals surface area contributed by atoms with Gasteiger partial charge in [0.1, 0.15) is 5.82 Å². The summed E-state index contributed by atoms with van der Waals surface area (Å²) in [5.74, 6) is -1.62. The molecule has 0 aliphatic heterocycles. The summed E-state index contributed by atoms with van der Waals surface area (Å²) < 4.78 is 49.4. The zero-order valence-electron chi connectivity index (χ0n) is 21.0. The maximum absolute atomic E-state index is 15.1. The molecule has 1 aliphatic rings. The largest absolute Gasteiger partial charge is 0.490 e. The highest BCUT2D eigenvalue weighted by Crippen LogP contribution is 2.35. The lowest BCUT2D eigenvalue weighted by Gasteiger charge is -2.22. The van der Waals surface area contributed by atoms with Gasteiger partial charge in [-0.1, -0.05) is 61.5 Å². The first-order valence-corrected chi connectivity index (χ1v) is 12.8. The number of ether oxygens (including phenoxy) is 1. The lowest BCUT2D eigenvalue weighted by Crippen LogP contribution is -2.05. The van der Waals surface area contributed by atoms with Gasteiger partial charge in [0, 0.05) is 11.1 Å². The SMILES string of the molecule is C/C=C/CCC1CC=C(c2ccc(-c3ccc(-c4ccc(OCCC)c(F)c4F)cc3)c(F)c2)CC1. The van der Waals surface area contributed by atoms with E-state index in [2.05, 4.69) is 25.2 Å². The summed E-state index contributed by atoms with van der Waals surface area (Å²) >= 11 is 0. The van der Waals surface area contributed by atoms with E-state index in [0.29, 0.717) is 35.6 Å². The first kappa shape index (κ1) is 25.8. The van der Waals surface area contributed by atoms with Crippen molar-refractivity contribution in [2.24, 2.45) is 5.92 Å². The minimum absolute atomic E-state index is 0.0888. The Bertz CT molecular complexity index is 1240. The van der Waals surface area contributed by atoms with Gasteiger partial charge in [-0.25, -0.2) is 8.78 Å². The van der Waals surface area contributed by atoms with Gasteiger partial charge in [0.15, 0.2) is 11.6 Å². The molecule has 1 unspecified atom stereocenters. The number of allylic oxidation sites excluding steroid dienone is 4. The highest BCUT2D eigenvalue weighted by molar-refractivity contribution is 5.74. The molecule has 3 aromatic rings. The highest BCUT2D eigenvalue weighted by Gasteiger charge is 2.18. The van der Waals surface area contributed by atoms with Crippen molar-refractivity contribution in [3.05, 3.63) is 95.8 Å². The monoisotopic (exact) mass is 490 g/mol. The van der Waals surface area contributed by atoms with Gasteiger partial charge in [0.25, 0.3) is 0 Å². The third-order valence-electron chi connectivity index (χ3n) is 6.85. The Hall–Kier alpha value is -3.27. The van der Waals surface area contributed by atoms with Gasteiger partial charge in [0.2, 0.25) is 5.82 Å². The van der Waals surface area contributed by atoms with Gasteiger partial charge in [-0.05, 0) is 91.8 Å². The van der Waals surface area contributed by atoms with Gasteiger partial charge in [-0.15, -0.1) is 0 Å². The predicted octanol–water partition coefficient (Wildman–Crippen LogP) is 9.77. The average Bonchev–Trinajstić information content (AvgIpc) is 2.90. The molecule has 36 heavy (non-hydrogen) atoms. The van der Waals surface area contributed by atoms with E-state index >= 15 is 4.39 Å². The number of rotatable bonds is 9. The normalized spacial score (nSPS) is 15.8. The zero-order chi connectivity index (χ0) is 25.5. The van der Waals surface area contributed by atoms with Crippen molar-refractivity contribution < 1.29 is 17.9 Å². The molecule has 4 heteroatoms. The second-order valence-corrected chi connectivity index (χ2v) is 9.38. The summed E-state index contributed by atoms with van der Waals surface area (Å²) in [7, 11) is 0. The molecule has 0 radical (unpaired) electrons. The standard InChI is InChI=1S/C32H33F3O/c1-3-5-6-7-22-8-10-23(11-9-22)26-16-17-27(29(33)21-26)24-12-14-25(15-13-24)28-18-19-30(36-20-4-2)32(35)31(28)34/h3,5,10,12-19,21-22H,4,6-9,11,20H2,1-2H3/b5-3+. The summed E-state index contributed by atoms with van der Waals surface area (Å²) in [6.45, 7) is 4.27. The van der Waals surface area contributed by atoms with Crippen LogP contribution in [0.15, 0.2) is 72.8 Å². The van der Waals surface area contributed by atoms with Gasteiger partial charge in [-0.3, -0.25) is 0 Å². The Morgan fingerprint density at radius 3 is 2.22 bits per heavy atom. The Balaban J connectivity index is 1.48. The van der Waals surface area contributed by atoms with E-state index in [1.807, 2.05) is 13.0 Å². The van der Waals surface area contributed by atoms with E-state index < -0.39 is 11.6 Å². The summed E-state index contributed by atoms with van der Waals surface area (Å²) in [5.41, 5.74) is 3.98. The molecular formula is C32H33F3O. The van der Waals surface area contributed by atoms with Crippen molar-refractivity contribution in [1.29, 1.82) is 0 Å². The fourth-order valence-electron chi connectivity index (χ4n) is 4.77. The summed E-state index contributed by atoms with van der Waals surface area (Å²) in [6, 6.07) is 15.2. The molecular weight excluding hydrogens is 457 g/mol. The molecule has 1 aliphatic carbocycles. The quantitative estimate of drug-likeness (QED) is 0.271. The molecule has 188 valence electrons. The molecule has 0 spiro atoms. The summed E-state index contributed by atoms with van der Waals surface area (Å²) in [4.78, 5) is 0. The molecule has 0 heterocycles. The number of hydrogen-bond donors (Lipinski definition) is 0. The Kier molecular flexibility index (Phi) is 8.69. The van der Waals surface area contributed by atoms with Crippen LogP contribution in [0.3, 0.4) is 0 Å². The number of halogens is 3. The molecule has 4 rings (SSSR count). The second kappa shape index (κ2) is 12.1. The van der Waals surface area contributed by atoms with Gasteiger partial charge < -0.3 is 4.74 Å². The molecule has 0 bridgehead atoms. The van der Waals surface area contributed by atoms with Crippen LogP contribution in [-0.2, 0) is 0 Å². The van der Waals surface area contributed by atoms with Crippen LogP contribution in [0.4, 0.5) is 13.2 Å². The Morgan fingerprint density at radius 1 is 0.889 bits per heavy atom. The minimum atomic E-state index is -0.993. The maximum atomic E-state index is 15.1. The molecule has 0 amide bonds. The van der Waals surface area contributed by atoms with Crippen LogP contribution in [0.5, 0.6) is 5.75 Å². The molecule has 1 atom stereocenters. The highest BCUT2D eigenvalue weighted by atomic mass is 19.2. The van der Waals surface area contributed by atoms with E-state index in [4.69, 9.17) is 4.74 Å². The molecule has 0 N–H and O–H groups in total. The van der Waals surface area contributed by atoms with Gasteiger partial charge >= 0.3 is 0 Å². The summed E-state index contributed by atoms with van der Waals surface area (Å²) in [6.07, 6.45) is 12.7. The van der Waals surface area contributed by atoms with Crippen molar-refractivity contribution in [1.82, 2.24) is 0 Å². The second-order valence-electron chi connectivity index (χ2n) is 9.38. The molecule has 0 fully saturated rings. The van der Waals surface area contributed by atoms with Crippen LogP contribution in [-0.4, -0.2) is 6.61 Å². The van der Waals surface area contributed by atoms with E-state index in [1.165, 1.54) is 24.1 Å². The summed E-state index contributed by atoms with van der Waals surface area (Å²) in [5, 5.41) is 0. The van der Waals surface area contributed by atoms with Crippen LogP contribution in [0, 0.1) is 23.4 Å². The zero-order valence-corrected chi connectivity index (χ0v) is 21.0. The van der Waals surface area contributed by atoms with Gasteiger partial charge in [-0.2, -0.15) is 4.39 Å². The average molecular weight is 491 g/mol. The smallest absolute Gasteiger partial charge is 0.201 e. The molecule has 1 nitrogen and oxygen atoms in total. The predicted molar refractivity (Wildman–Crippen MR) is 142 cm³/mol. The van der Waals surface area contributed by atoms with Crippen LogP contribution in [0.25, 0.3) is 27.8 Å². The van der Waals surface area contributed by atoms with Crippen molar-refractivity contribution in [2.45, 2.75) is 52.4 Å². The Morgan fingerprint density at radius 2 is 1.58 bits per heavy atom. The lowest BCUT2D eigenvalue weighted by atomic mass is 9.84. The van der Waals surface area contributed by atoms with Crippen LogP contribution < -0.4 is 4.74 Å². The minimum Gasteiger partial charge on any atom is -0.490 e. The van der Waals surface area contributed by atoms with Crippen LogP contribution in [0.1, 0.15) is 57.9 Å². The van der Waals surface area contributed by atoms with E-state index in [1.54, 1.807) is 36.4 Å². The number of hydrogen-bond acceptors (Lipinski definition) is 1. The van der Waals surface area contributed by atoms with Crippen molar-refractivity contribution in [3.8, 4) is 28.0 Å². The maximum Gasteiger partial charge on any atom is 0.201 e. The first-order chi connectivity index (χ1) is 17.5.